The van der Waals surface area contributed by atoms with Crippen molar-refractivity contribution < 1.29 is 24.1 Å². The zero-order valence-electron chi connectivity index (χ0n) is 14.9. The predicted molar refractivity (Wildman–Crippen MR) is 94.6 cm³/mol. The maximum atomic E-state index is 11.9. The Morgan fingerprint density at radius 3 is 2.71 bits per heavy atom. The molecular weight excluding hydrogens is 368 g/mol. The van der Waals surface area contributed by atoms with Gasteiger partial charge in [0.05, 0.1) is 26.4 Å². The lowest BCUT2D eigenvalue weighted by atomic mass is 10.1. The monoisotopic (exact) mass is 386 g/mol. The van der Waals surface area contributed by atoms with E-state index in [1.807, 2.05) is 24.3 Å². The van der Waals surface area contributed by atoms with Crippen LogP contribution < -0.4 is 10.3 Å². The van der Waals surface area contributed by atoms with Gasteiger partial charge in [0.1, 0.15) is 24.1 Å². The van der Waals surface area contributed by atoms with Crippen LogP contribution in [0.2, 0.25) is 0 Å². The number of hydrogen-bond donors (Lipinski definition) is 2. The molecule has 5 atom stereocenters. The molecule has 5 rings (SSSR count). The van der Waals surface area contributed by atoms with Crippen LogP contribution in [0, 0.1) is 0 Å². The maximum Gasteiger partial charge on any atom is 0.278 e. The van der Waals surface area contributed by atoms with Crippen molar-refractivity contribution in [3.8, 4) is 5.75 Å². The van der Waals surface area contributed by atoms with Gasteiger partial charge in [-0.05, 0) is 12.1 Å². The van der Waals surface area contributed by atoms with E-state index in [-0.39, 0.29) is 17.7 Å². The summed E-state index contributed by atoms with van der Waals surface area (Å²) in [6.45, 7) is -0.225. The molecule has 2 N–H and O–H groups in total. The molecule has 2 aromatic heterocycles. The van der Waals surface area contributed by atoms with Crippen molar-refractivity contribution in [2.45, 2.75) is 30.8 Å². The van der Waals surface area contributed by atoms with E-state index in [0.717, 1.165) is 11.3 Å². The van der Waals surface area contributed by atoms with Gasteiger partial charge in [0.25, 0.3) is 5.56 Å². The molecule has 0 saturated carbocycles. The zero-order chi connectivity index (χ0) is 19.3. The van der Waals surface area contributed by atoms with Crippen molar-refractivity contribution in [1.29, 1.82) is 0 Å². The number of rotatable bonds is 4. The number of fused-ring (bicyclic) bond motifs is 2. The number of ether oxygens (including phenoxy) is 4. The molecule has 2 aliphatic rings. The Hall–Kier alpha value is -2.79. The lowest BCUT2D eigenvalue weighted by Crippen LogP contribution is -2.30. The van der Waals surface area contributed by atoms with Gasteiger partial charge in [-0.25, -0.2) is 9.97 Å². The number of nitrogens with one attached hydrogen (secondary N) is 1. The highest BCUT2D eigenvalue weighted by Gasteiger charge is 2.53. The molecule has 10 nitrogen and oxygen atoms in total. The molecule has 0 amide bonds. The molecule has 2 aliphatic heterocycles. The topological polar surface area (TPSA) is 121 Å². The van der Waals surface area contributed by atoms with E-state index in [2.05, 4.69) is 15.0 Å². The fourth-order valence-corrected chi connectivity index (χ4v) is 3.67. The van der Waals surface area contributed by atoms with Gasteiger partial charge in [-0.3, -0.25) is 9.36 Å². The summed E-state index contributed by atoms with van der Waals surface area (Å²) in [5, 5.41) is 9.74. The quantitative estimate of drug-likeness (QED) is 0.665. The fourth-order valence-electron chi connectivity index (χ4n) is 3.67. The smallest absolute Gasteiger partial charge is 0.278 e. The molecule has 146 valence electrons. The molecule has 1 aromatic carbocycles. The summed E-state index contributed by atoms with van der Waals surface area (Å²) in [7, 11) is 1.60. The lowest BCUT2D eigenvalue weighted by Gasteiger charge is -2.20. The van der Waals surface area contributed by atoms with Crippen LogP contribution in [0.4, 0.5) is 0 Å². The zero-order valence-corrected chi connectivity index (χ0v) is 14.9. The van der Waals surface area contributed by atoms with Crippen LogP contribution in [0.5, 0.6) is 5.75 Å². The van der Waals surface area contributed by atoms with E-state index in [1.165, 1.54) is 12.7 Å². The van der Waals surface area contributed by atoms with Gasteiger partial charge >= 0.3 is 0 Å². The summed E-state index contributed by atoms with van der Waals surface area (Å²) in [4.78, 5) is 22.7. The van der Waals surface area contributed by atoms with Crippen molar-refractivity contribution in [3.05, 3.63) is 52.8 Å². The predicted octanol–water partition coefficient (Wildman–Crippen LogP) is 0.501. The average Bonchev–Trinajstić information content (AvgIpc) is 3.42. The molecule has 3 aromatic rings. The molecule has 2 saturated heterocycles. The molecule has 2 fully saturated rings. The summed E-state index contributed by atoms with van der Waals surface area (Å²) < 4.78 is 24.9. The minimum Gasteiger partial charge on any atom is -0.497 e. The minimum atomic E-state index is -0.635. The molecule has 10 heteroatoms. The van der Waals surface area contributed by atoms with E-state index < -0.39 is 30.8 Å². The summed E-state index contributed by atoms with van der Waals surface area (Å²) in [6, 6.07) is 7.38. The Morgan fingerprint density at radius 1 is 1.18 bits per heavy atom. The first kappa shape index (κ1) is 17.3. The van der Waals surface area contributed by atoms with E-state index in [0.29, 0.717) is 5.65 Å². The fraction of sp³-hybridized carbons (Fsp3) is 0.389. The van der Waals surface area contributed by atoms with Crippen LogP contribution >= 0.6 is 0 Å². The molecule has 4 heterocycles. The van der Waals surface area contributed by atoms with Crippen LogP contribution in [-0.4, -0.2) is 56.7 Å². The maximum absolute atomic E-state index is 11.9. The standard InChI is InChI=1S/C18H18N4O6/c1-25-10-4-2-9(3-5-10)18-27-13-11(6-23)26-17(14(13)28-18)22-8-21-12-15(22)19-7-20-16(12)24/h2-5,7-8,11,13-14,17-18,23H,6H2,1H3,(H,19,20,24). The van der Waals surface area contributed by atoms with Gasteiger partial charge in [-0.2, -0.15) is 0 Å². The van der Waals surface area contributed by atoms with E-state index in [9.17, 15) is 9.90 Å². The van der Waals surface area contributed by atoms with Crippen molar-refractivity contribution in [2.24, 2.45) is 0 Å². The van der Waals surface area contributed by atoms with Crippen LogP contribution in [0.25, 0.3) is 11.2 Å². The molecule has 0 bridgehead atoms. The number of aromatic nitrogens is 4. The average molecular weight is 386 g/mol. The third kappa shape index (κ3) is 2.61. The first-order valence-corrected chi connectivity index (χ1v) is 8.81. The summed E-state index contributed by atoms with van der Waals surface area (Å²) in [5.74, 6) is 0.734. The van der Waals surface area contributed by atoms with Gasteiger partial charge < -0.3 is 29.0 Å². The number of aliphatic hydroxyl groups is 1. The van der Waals surface area contributed by atoms with Crippen LogP contribution in [0.15, 0.2) is 41.7 Å². The highest BCUT2D eigenvalue weighted by Crippen LogP contribution is 2.44. The van der Waals surface area contributed by atoms with E-state index in [1.54, 1.807) is 11.7 Å². The largest absolute Gasteiger partial charge is 0.497 e. The van der Waals surface area contributed by atoms with Gasteiger partial charge in [-0.1, -0.05) is 12.1 Å². The van der Waals surface area contributed by atoms with Gasteiger partial charge in [0.15, 0.2) is 23.7 Å². The number of aromatic amines is 1. The molecule has 5 unspecified atom stereocenters. The molecule has 0 spiro atoms. The highest BCUT2D eigenvalue weighted by atomic mass is 16.8. The van der Waals surface area contributed by atoms with Gasteiger partial charge in [0.2, 0.25) is 0 Å². The second-order valence-corrected chi connectivity index (χ2v) is 6.61. The normalized spacial score (nSPS) is 29.3. The number of benzene rings is 1. The van der Waals surface area contributed by atoms with Crippen molar-refractivity contribution in [3.63, 3.8) is 0 Å². The third-order valence-electron chi connectivity index (χ3n) is 5.05. The number of imidazole rings is 1. The number of hydrogen-bond acceptors (Lipinski definition) is 8. The Labute approximate surface area is 158 Å². The van der Waals surface area contributed by atoms with Crippen LogP contribution in [0.1, 0.15) is 18.1 Å². The van der Waals surface area contributed by atoms with Crippen molar-refractivity contribution in [1.82, 2.24) is 19.5 Å². The second kappa shape index (κ2) is 6.67. The summed E-state index contributed by atoms with van der Waals surface area (Å²) in [5.41, 5.74) is 1.08. The Balaban J connectivity index is 1.47. The molecule has 0 radical (unpaired) electrons. The number of H-pyrrole nitrogens is 1. The Morgan fingerprint density at radius 2 is 1.96 bits per heavy atom. The highest BCUT2D eigenvalue weighted by molar-refractivity contribution is 5.68. The van der Waals surface area contributed by atoms with Crippen LogP contribution in [0.3, 0.4) is 0 Å². The summed E-state index contributed by atoms with van der Waals surface area (Å²) >= 11 is 0. The number of nitrogens with zero attached hydrogens (tertiary/aromatic N) is 3. The van der Waals surface area contributed by atoms with E-state index in [4.69, 9.17) is 18.9 Å². The first-order chi connectivity index (χ1) is 13.7. The lowest BCUT2D eigenvalue weighted by molar-refractivity contribution is -0.153. The van der Waals surface area contributed by atoms with Crippen molar-refractivity contribution >= 4 is 11.2 Å². The van der Waals surface area contributed by atoms with Gasteiger partial charge in [-0.15, -0.1) is 0 Å². The van der Waals surface area contributed by atoms with Gasteiger partial charge in [0, 0.05) is 5.56 Å². The Kier molecular flexibility index (Phi) is 4.13. The molecule has 0 aliphatic carbocycles. The number of aliphatic hydroxyl groups excluding tert-OH is 1. The van der Waals surface area contributed by atoms with Crippen LogP contribution in [-0.2, 0) is 14.2 Å². The minimum absolute atomic E-state index is 0.209. The summed E-state index contributed by atoms with van der Waals surface area (Å²) in [6.07, 6.45) is 0.0165. The molecular formula is C18H18N4O6. The first-order valence-electron chi connectivity index (χ1n) is 8.81. The Bertz CT molecular complexity index is 1050. The SMILES string of the molecule is COc1ccc(C2OC3C(CO)OC(n4cnc5c(=O)[nH]cnc54)C3O2)cc1. The third-order valence-corrected chi connectivity index (χ3v) is 5.05. The molecule has 28 heavy (non-hydrogen) atoms. The van der Waals surface area contributed by atoms with E-state index >= 15 is 0 Å². The number of methoxy groups -OCH3 is 1. The second-order valence-electron chi connectivity index (χ2n) is 6.61. The van der Waals surface area contributed by atoms with Crippen molar-refractivity contribution in [2.75, 3.05) is 13.7 Å².